The fourth-order valence-electron chi connectivity index (χ4n) is 2.03. The standard InChI is InChI=1S/C13H15NO2/c1-13(2,3)14-10(11(15)12(14)16)9-7-5-4-6-8-9/h4-8,10H,1-3H3. The summed E-state index contributed by atoms with van der Waals surface area (Å²) in [7, 11) is 0. The van der Waals surface area contributed by atoms with E-state index >= 15 is 0 Å². The number of carbonyl (C=O) groups is 2. The quantitative estimate of drug-likeness (QED) is 0.532. The molecule has 2 rings (SSSR count). The molecule has 0 spiro atoms. The lowest BCUT2D eigenvalue weighted by molar-refractivity contribution is -0.167. The van der Waals surface area contributed by atoms with Crippen molar-refractivity contribution in [3.63, 3.8) is 0 Å². The SMILES string of the molecule is CC(C)(C)N1C(=O)C(=O)C1c1ccccc1. The molecule has 0 radical (unpaired) electrons. The van der Waals surface area contributed by atoms with Gasteiger partial charge in [-0.1, -0.05) is 30.3 Å². The van der Waals surface area contributed by atoms with E-state index in [1.807, 2.05) is 51.1 Å². The number of nitrogens with zero attached hydrogens (tertiary/aromatic N) is 1. The Balaban J connectivity index is 2.35. The Morgan fingerprint density at radius 1 is 1.06 bits per heavy atom. The van der Waals surface area contributed by atoms with E-state index in [4.69, 9.17) is 0 Å². The maximum absolute atomic E-state index is 11.6. The average molecular weight is 217 g/mol. The van der Waals surface area contributed by atoms with Gasteiger partial charge in [0.05, 0.1) is 0 Å². The Labute approximate surface area is 95.1 Å². The normalized spacial score (nSPS) is 20.9. The third kappa shape index (κ3) is 1.52. The fourth-order valence-corrected chi connectivity index (χ4v) is 2.03. The van der Waals surface area contributed by atoms with Crippen molar-refractivity contribution in [3.05, 3.63) is 35.9 Å². The zero-order valence-corrected chi connectivity index (χ0v) is 9.73. The molecule has 1 atom stereocenters. The first-order valence-electron chi connectivity index (χ1n) is 5.35. The number of hydrogen-bond donors (Lipinski definition) is 0. The maximum atomic E-state index is 11.6. The van der Waals surface area contributed by atoms with E-state index in [1.54, 1.807) is 4.90 Å². The Morgan fingerprint density at radius 2 is 1.62 bits per heavy atom. The van der Waals surface area contributed by atoms with Crippen LogP contribution in [-0.4, -0.2) is 22.1 Å². The Morgan fingerprint density at radius 3 is 2.12 bits per heavy atom. The lowest BCUT2D eigenvalue weighted by Gasteiger charge is -2.47. The van der Waals surface area contributed by atoms with Crippen LogP contribution < -0.4 is 0 Å². The molecular weight excluding hydrogens is 202 g/mol. The van der Waals surface area contributed by atoms with E-state index in [9.17, 15) is 9.59 Å². The van der Waals surface area contributed by atoms with Gasteiger partial charge in [-0.2, -0.15) is 0 Å². The van der Waals surface area contributed by atoms with Crippen LogP contribution in [0.4, 0.5) is 0 Å². The van der Waals surface area contributed by atoms with Gasteiger partial charge in [-0.25, -0.2) is 0 Å². The van der Waals surface area contributed by atoms with Crippen molar-refractivity contribution < 1.29 is 9.59 Å². The zero-order chi connectivity index (χ0) is 11.9. The van der Waals surface area contributed by atoms with Gasteiger partial charge in [0.2, 0.25) is 5.78 Å². The van der Waals surface area contributed by atoms with Crippen LogP contribution in [0.1, 0.15) is 32.4 Å². The number of hydrogen-bond acceptors (Lipinski definition) is 2. The molecule has 1 aromatic rings. The molecule has 1 aliphatic heterocycles. The summed E-state index contributed by atoms with van der Waals surface area (Å²) >= 11 is 0. The summed E-state index contributed by atoms with van der Waals surface area (Å²) in [6.45, 7) is 5.81. The van der Waals surface area contributed by atoms with Gasteiger partial charge in [-0.3, -0.25) is 9.59 Å². The van der Waals surface area contributed by atoms with Crippen molar-refractivity contribution in [2.24, 2.45) is 0 Å². The molecule has 0 saturated carbocycles. The molecule has 16 heavy (non-hydrogen) atoms. The van der Waals surface area contributed by atoms with Crippen LogP contribution in [0.15, 0.2) is 30.3 Å². The van der Waals surface area contributed by atoms with Crippen molar-refractivity contribution in [2.75, 3.05) is 0 Å². The van der Waals surface area contributed by atoms with Crippen LogP contribution >= 0.6 is 0 Å². The summed E-state index contributed by atoms with van der Waals surface area (Å²) in [4.78, 5) is 24.8. The predicted octanol–water partition coefficient (Wildman–Crippen LogP) is 1.94. The van der Waals surface area contributed by atoms with Gasteiger partial charge in [-0.05, 0) is 26.3 Å². The van der Waals surface area contributed by atoms with E-state index in [2.05, 4.69) is 0 Å². The molecule has 1 aromatic carbocycles. The summed E-state index contributed by atoms with van der Waals surface area (Å²) in [5.74, 6) is -0.678. The van der Waals surface area contributed by atoms with E-state index in [1.165, 1.54) is 0 Å². The molecule has 3 nitrogen and oxygen atoms in total. The van der Waals surface area contributed by atoms with Crippen LogP contribution in [0.5, 0.6) is 0 Å². The van der Waals surface area contributed by atoms with Crippen molar-refractivity contribution in [3.8, 4) is 0 Å². The molecule has 0 bridgehead atoms. The van der Waals surface area contributed by atoms with E-state index in [0.29, 0.717) is 0 Å². The van der Waals surface area contributed by atoms with Crippen LogP contribution in [-0.2, 0) is 9.59 Å². The molecule has 0 aromatic heterocycles. The highest BCUT2D eigenvalue weighted by Gasteiger charge is 2.51. The highest BCUT2D eigenvalue weighted by molar-refractivity contribution is 6.44. The number of amides is 1. The van der Waals surface area contributed by atoms with E-state index < -0.39 is 6.04 Å². The lowest BCUT2D eigenvalue weighted by atomic mass is 9.87. The van der Waals surface area contributed by atoms with Gasteiger partial charge in [0.25, 0.3) is 5.91 Å². The number of ketones is 1. The molecule has 3 heteroatoms. The summed E-state index contributed by atoms with van der Waals surface area (Å²) in [5.41, 5.74) is 0.577. The molecule has 0 N–H and O–H groups in total. The van der Waals surface area contributed by atoms with Gasteiger partial charge in [0.15, 0.2) is 0 Å². The van der Waals surface area contributed by atoms with Crippen molar-refractivity contribution in [2.45, 2.75) is 32.4 Å². The minimum absolute atomic E-state index is 0.305. The Bertz CT molecular complexity index is 431. The van der Waals surface area contributed by atoms with Gasteiger partial charge in [-0.15, -0.1) is 0 Å². The van der Waals surface area contributed by atoms with Gasteiger partial charge in [0.1, 0.15) is 6.04 Å². The average Bonchev–Trinajstić information content (AvgIpc) is 2.23. The van der Waals surface area contributed by atoms with Gasteiger partial charge >= 0.3 is 0 Å². The van der Waals surface area contributed by atoms with Gasteiger partial charge in [0, 0.05) is 5.54 Å². The van der Waals surface area contributed by atoms with E-state index in [0.717, 1.165) is 5.56 Å². The Kier molecular flexibility index (Phi) is 2.34. The lowest BCUT2D eigenvalue weighted by Crippen LogP contribution is -2.62. The molecule has 1 fully saturated rings. The minimum atomic E-state index is -0.395. The third-order valence-corrected chi connectivity index (χ3v) is 2.77. The number of rotatable bonds is 1. The fraction of sp³-hybridized carbons (Fsp3) is 0.385. The number of carbonyl (C=O) groups excluding carboxylic acids is 2. The van der Waals surface area contributed by atoms with Crippen LogP contribution in [0.25, 0.3) is 0 Å². The Hall–Kier alpha value is -1.64. The monoisotopic (exact) mass is 217 g/mol. The largest absolute Gasteiger partial charge is 0.316 e. The highest BCUT2D eigenvalue weighted by Crippen LogP contribution is 2.37. The summed E-state index contributed by atoms with van der Waals surface area (Å²) < 4.78 is 0. The molecule has 1 amide bonds. The van der Waals surface area contributed by atoms with Crippen molar-refractivity contribution in [1.82, 2.24) is 4.90 Å². The van der Waals surface area contributed by atoms with Crippen LogP contribution in [0.2, 0.25) is 0 Å². The number of Topliss-reactive ketones (excluding diaryl/α,β-unsaturated/α-hetero) is 1. The van der Waals surface area contributed by atoms with Crippen LogP contribution in [0.3, 0.4) is 0 Å². The molecule has 0 aliphatic carbocycles. The zero-order valence-electron chi connectivity index (χ0n) is 9.73. The van der Waals surface area contributed by atoms with Crippen LogP contribution in [0, 0.1) is 0 Å². The molecule has 84 valence electrons. The molecular formula is C13H15NO2. The molecule has 1 unspecified atom stereocenters. The summed E-state index contributed by atoms with van der Waals surface area (Å²) in [6, 6.07) is 9.03. The predicted molar refractivity (Wildman–Crippen MR) is 60.8 cm³/mol. The number of β-lactam (4-membered cyclic amide) rings is 1. The first kappa shape index (κ1) is 10.9. The first-order valence-corrected chi connectivity index (χ1v) is 5.35. The molecule has 1 aliphatic rings. The number of likely N-dealkylation sites (tertiary alicyclic amines) is 1. The second kappa shape index (κ2) is 3.44. The smallest absolute Gasteiger partial charge is 0.293 e. The van der Waals surface area contributed by atoms with E-state index in [-0.39, 0.29) is 17.2 Å². The second-order valence-corrected chi connectivity index (χ2v) is 5.02. The topological polar surface area (TPSA) is 37.4 Å². The summed E-state index contributed by atoms with van der Waals surface area (Å²) in [5, 5.41) is 0. The van der Waals surface area contributed by atoms with Gasteiger partial charge < -0.3 is 4.90 Å². The molecule has 1 heterocycles. The minimum Gasteiger partial charge on any atom is -0.316 e. The number of benzene rings is 1. The summed E-state index contributed by atoms with van der Waals surface area (Å²) in [6.07, 6.45) is 0. The maximum Gasteiger partial charge on any atom is 0.293 e. The van der Waals surface area contributed by atoms with Crippen molar-refractivity contribution >= 4 is 11.7 Å². The second-order valence-electron chi connectivity index (χ2n) is 5.02. The third-order valence-electron chi connectivity index (χ3n) is 2.77. The van der Waals surface area contributed by atoms with Crippen molar-refractivity contribution in [1.29, 1.82) is 0 Å². The first-order chi connectivity index (χ1) is 7.43. The highest BCUT2D eigenvalue weighted by atomic mass is 16.2. The molecule has 1 saturated heterocycles.